The average molecular weight is 369 g/mol. The van der Waals surface area contributed by atoms with E-state index in [1.165, 1.54) is 0 Å². The Labute approximate surface area is 160 Å². The Morgan fingerprint density at radius 2 is 1.74 bits per heavy atom. The highest BCUT2D eigenvalue weighted by atomic mass is 16.6. The summed E-state index contributed by atoms with van der Waals surface area (Å²) < 4.78 is 11.2. The smallest absolute Gasteiger partial charge is 0.410 e. The van der Waals surface area contributed by atoms with Gasteiger partial charge in [-0.25, -0.2) is 9.59 Å². The molecule has 144 valence electrons. The Bertz CT molecular complexity index is 819. The summed E-state index contributed by atoms with van der Waals surface area (Å²) in [5.41, 5.74) is 0.0743. The molecular weight excluding hydrogens is 342 g/mol. The maximum atomic E-state index is 12.7. The van der Waals surface area contributed by atoms with Gasteiger partial charge in [-0.15, -0.1) is 0 Å². The highest BCUT2D eigenvalue weighted by Gasteiger charge is 2.27. The lowest BCUT2D eigenvalue weighted by atomic mass is 10.0. The molecule has 1 atom stereocenters. The summed E-state index contributed by atoms with van der Waals surface area (Å²) in [4.78, 5) is 26.7. The SMILES string of the molecule is CC(C)(C)OC(=O)N1CCCC(OC(=O)c2cccc3ccccc23)CC1. The van der Waals surface area contributed by atoms with Crippen molar-refractivity contribution in [1.29, 1.82) is 0 Å². The first-order chi connectivity index (χ1) is 12.8. The van der Waals surface area contributed by atoms with Crippen LogP contribution in [0.5, 0.6) is 0 Å². The molecule has 0 aliphatic carbocycles. The number of carbonyl (C=O) groups is 2. The van der Waals surface area contributed by atoms with Crippen molar-refractivity contribution in [2.75, 3.05) is 13.1 Å². The Balaban J connectivity index is 1.63. The van der Waals surface area contributed by atoms with Gasteiger partial charge in [0.25, 0.3) is 0 Å². The van der Waals surface area contributed by atoms with Gasteiger partial charge in [0.05, 0.1) is 5.56 Å². The second-order valence-corrected chi connectivity index (χ2v) is 7.95. The van der Waals surface area contributed by atoms with Crippen LogP contribution in [-0.2, 0) is 9.47 Å². The van der Waals surface area contributed by atoms with E-state index in [2.05, 4.69) is 0 Å². The second kappa shape index (κ2) is 7.99. The van der Waals surface area contributed by atoms with E-state index in [4.69, 9.17) is 9.47 Å². The zero-order chi connectivity index (χ0) is 19.4. The van der Waals surface area contributed by atoms with Crippen molar-refractivity contribution in [2.24, 2.45) is 0 Å². The summed E-state index contributed by atoms with van der Waals surface area (Å²) in [5, 5.41) is 1.91. The molecule has 1 saturated heterocycles. The first kappa shape index (κ1) is 19.2. The van der Waals surface area contributed by atoms with Crippen molar-refractivity contribution < 1.29 is 19.1 Å². The van der Waals surface area contributed by atoms with Gasteiger partial charge in [-0.05, 0) is 50.5 Å². The number of rotatable bonds is 2. The van der Waals surface area contributed by atoms with Crippen LogP contribution >= 0.6 is 0 Å². The number of fused-ring (bicyclic) bond motifs is 1. The summed E-state index contributed by atoms with van der Waals surface area (Å²) in [6, 6.07) is 13.4. The fourth-order valence-electron chi connectivity index (χ4n) is 3.31. The Morgan fingerprint density at radius 3 is 2.52 bits per heavy atom. The molecular formula is C22H27NO4. The zero-order valence-corrected chi connectivity index (χ0v) is 16.2. The van der Waals surface area contributed by atoms with Crippen molar-refractivity contribution in [2.45, 2.75) is 51.7 Å². The van der Waals surface area contributed by atoms with Crippen LogP contribution in [0.1, 0.15) is 50.4 Å². The molecule has 1 amide bonds. The zero-order valence-electron chi connectivity index (χ0n) is 16.2. The quantitative estimate of drug-likeness (QED) is 0.715. The Kier molecular flexibility index (Phi) is 5.68. The third-order valence-corrected chi connectivity index (χ3v) is 4.61. The minimum absolute atomic E-state index is 0.191. The molecule has 0 aromatic heterocycles. The van der Waals surface area contributed by atoms with E-state index in [0.717, 1.165) is 23.6 Å². The van der Waals surface area contributed by atoms with Crippen molar-refractivity contribution in [3.63, 3.8) is 0 Å². The number of hydrogen-bond acceptors (Lipinski definition) is 4. The average Bonchev–Trinajstić information content (AvgIpc) is 2.85. The van der Waals surface area contributed by atoms with Gasteiger partial charge in [-0.3, -0.25) is 0 Å². The molecule has 0 bridgehead atoms. The summed E-state index contributed by atoms with van der Waals surface area (Å²) in [5.74, 6) is -0.303. The number of esters is 1. The highest BCUT2D eigenvalue weighted by molar-refractivity contribution is 6.04. The maximum absolute atomic E-state index is 12.7. The molecule has 0 radical (unpaired) electrons. The van der Waals surface area contributed by atoms with Crippen molar-refractivity contribution >= 4 is 22.8 Å². The van der Waals surface area contributed by atoms with E-state index in [-0.39, 0.29) is 18.2 Å². The van der Waals surface area contributed by atoms with E-state index >= 15 is 0 Å². The normalized spacial score (nSPS) is 18.0. The molecule has 1 heterocycles. The largest absolute Gasteiger partial charge is 0.459 e. The molecule has 27 heavy (non-hydrogen) atoms. The highest BCUT2D eigenvalue weighted by Crippen LogP contribution is 2.22. The van der Waals surface area contributed by atoms with Gasteiger partial charge in [-0.2, -0.15) is 0 Å². The molecule has 1 fully saturated rings. The topological polar surface area (TPSA) is 55.8 Å². The first-order valence-corrected chi connectivity index (χ1v) is 9.50. The van der Waals surface area contributed by atoms with Gasteiger partial charge < -0.3 is 14.4 Å². The van der Waals surface area contributed by atoms with Crippen molar-refractivity contribution in [3.8, 4) is 0 Å². The lowest BCUT2D eigenvalue weighted by Gasteiger charge is -2.26. The molecule has 1 unspecified atom stereocenters. The van der Waals surface area contributed by atoms with Crippen LogP contribution in [0, 0.1) is 0 Å². The number of carbonyl (C=O) groups excluding carboxylic acids is 2. The van der Waals surface area contributed by atoms with Crippen LogP contribution in [0.4, 0.5) is 4.79 Å². The van der Waals surface area contributed by atoms with Crippen LogP contribution in [0.15, 0.2) is 42.5 Å². The molecule has 2 aromatic rings. The summed E-state index contributed by atoms with van der Waals surface area (Å²) in [6.45, 7) is 6.73. The predicted molar refractivity (Wildman–Crippen MR) is 105 cm³/mol. The first-order valence-electron chi connectivity index (χ1n) is 9.50. The van der Waals surface area contributed by atoms with E-state index in [1.54, 1.807) is 11.0 Å². The van der Waals surface area contributed by atoms with E-state index in [9.17, 15) is 9.59 Å². The number of nitrogens with zero attached hydrogens (tertiary/aromatic N) is 1. The third-order valence-electron chi connectivity index (χ3n) is 4.61. The predicted octanol–water partition coefficient (Wildman–Crippen LogP) is 4.79. The number of hydrogen-bond donors (Lipinski definition) is 0. The standard InChI is InChI=1S/C22H27NO4/c1-22(2,3)27-21(25)23-14-7-10-17(13-15-23)26-20(24)19-12-6-9-16-8-4-5-11-18(16)19/h4-6,8-9,11-12,17H,7,10,13-15H2,1-3H3. The summed E-state index contributed by atoms with van der Waals surface area (Å²) in [7, 11) is 0. The summed E-state index contributed by atoms with van der Waals surface area (Å²) >= 11 is 0. The lowest BCUT2D eigenvalue weighted by Crippen LogP contribution is -2.37. The molecule has 1 aliphatic rings. The molecule has 1 aliphatic heterocycles. The van der Waals surface area contributed by atoms with Crippen LogP contribution < -0.4 is 0 Å². The third kappa shape index (κ3) is 5.00. The van der Waals surface area contributed by atoms with Crippen molar-refractivity contribution in [3.05, 3.63) is 48.0 Å². The molecule has 5 nitrogen and oxygen atoms in total. The van der Waals surface area contributed by atoms with Gasteiger partial charge in [-0.1, -0.05) is 36.4 Å². The van der Waals surface area contributed by atoms with Crippen LogP contribution in [0.3, 0.4) is 0 Å². The minimum atomic E-state index is -0.510. The number of ether oxygens (including phenoxy) is 2. The molecule has 5 heteroatoms. The molecule has 3 rings (SSSR count). The van der Waals surface area contributed by atoms with Crippen LogP contribution in [0.2, 0.25) is 0 Å². The molecule has 0 spiro atoms. The Hall–Kier alpha value is -2.56. The fraction of sp³-hybridized carbons (Fsp3) is 0.455. The maximum Gasteiger partial charge on any atom is 0.410 e. The number of amides is 1. The van der Waals surface area contributed by atoms with Gasteiger partial charge in [0.1, 0.15) is 11.7 Å². The van der Waals surface area contributed by atoms with E-state index in [0.29, 0.717) is 25.1 Å². The molecule has 2 aromatic carbocycles. The minimum Gasteiger partial charge on any atom is -0.459 e. The monoisotopic (exact) mass is 369 g/mol. The molecule has 0 N–H and O–H groups in total. The van der Waals surface area contributed by atoms with Gasteiger partial charge in [0.2, 0.25) is 0 Å². The lowest BCUT2D eigenvalue weighted by molar-refractivity contribution is 0.0215. The van der Waals surface area contributed by atoms with Gasteiger partial charge in [0, 0.05) is 19.5 Å². The van der Waals surface area contributed by atoms with E-state index in [1.807, 2.05) is 57.2 Å². The van der Waals surface area contributed by atoms with Crippen LogP contribution in [-0.4, -0.2) is 41.8 Å². The Morgan fingerprint density at radius 1 is 1.00 bits per heavy atom. The molecule has 0 saturated carbocycles. The van der Waals surface area contributed by atoms with Crippen LogP contribution in [0.25, 0.3) is 10.8 Å². The van der Waals surface area contributed by atoms with Crippen molar-refractivity contribution in [1.82, 2.24) is 4.90 Å². The summed E-state index contributed by atoms with van der Waals surface area (Å²) in [6.07, 6.45) is 1.66. The second-order valence-electron chi connectivity index (χ2n) is 7.95. The number of likely N-dealkylation sites (tertiary alicyclic amines) is 1. The number of benzene rings is 2. The van der Waals surface area contributed by atoms with E-state index < -0.39 is 5.60 Å². The van der Waals surface area contributed by atoms with Gasteiger partial charge in [0.15, 0.2) is 0 Å². The fourth-order valence-corrected chi connectivity index (χ4v) is 3.31. The van der Waals surface area contributed by atoms with Gasteiger partial charge >= 0.3 is 12.1 Å².